The van der Waals surface area contributed by atoms with Gasteiger partial charge in [0.05, 0.1) is 23.6 Å². The van der Waals surface area contributed by atoms with Crippen molar-refractivity contribution in [3.05, 3.63) is 47.2 Å². The number of nitrogens with one attached hydrogen (secondary N) is 2. The number of para-hydroxylation sites is 1. The summed E-state index contributed by atoms with van der Waals surface area (Å²) in [7, 11) is 0. The summed E-state index contributed by atoms with van der Waals surface area (Å²) < 4.78 is 41.8. The van der Waals surface area contributed by atoms with E-state index in [2.05, 4.69) is 9.97 Å². The lowest BCUT2D eigenvalue weighted by molar-refractivity contribution is -0.135. The molecule has 9 heteroatoms. The summed E-state index contributed by atoms with van der Waals surface area (Å²) >= 11 is 0. The zero-order chi connectivity index (χ0) is 25.4. The number of esters is 1. The number of hydrogen-bond donors (Lipinski definition) is 3. The van der Waals surface area contributed by atoms with Crippen molar-refractivity contribution in [3.8, 4) is 11.4 Å². The molecule has 0 aliphatic rings. The van der Waals surface area contributed by atoms with Crippen molar-refractivity contribution in [3.63, 3.8) is 0 Å². The van der Waals surface area contributed by atoms with Gasteiger partial charge in [-0.25, -0.2) is 9.59 Å². The van der Waals surface area contributed by atoms with Crippen molar-refractivity contribution in [2.24, 2.45) is 0 Å². The number of carboxylic acids is 1. The Morgan fingerprint density at radius 1 is 0.971 bits per heavy atom. The first kappa shape index (κ1) is 26.4. The highest BCUT2D eigenvalue weighted by atomic mass is 19.4. The number of H-pyrrole nitrogens is 2. The number of unbranched alkanes of at least 4 members (excludes halogenated alkanes) is 6. The van der Waals surface area contributed by atoms with Gasteiger partial charge in [0.2, 0.25) is 0 Å². The monoisotopic (exact) mass is 492 g/mol. The van der Waals surface area contributed by atoms with Crippen molar-refractivity contribution in [1.29, 1.82) is 0 Å². The number of benzene rings is 1. The lowest BCUT2D eigenvalue weighted by atomic mass is 9.99. The van der Waals surface area contributed by atoms with Crippen molar-refractivity contribution in [1.82, 2.24) is 9.97 Å². The second-order valence-corrected chi connectivity index (χ2v) is 8.61. The summed E-state index contributed by atoms with van der Waals surface area (Å²) in [4.78, 5) is 31.1. The molecule has 0 fully saturated rings. The molecule has 0 unspecified atom stereocenters. The predicted molar refractivity (Wildman–Crippen MR) is 128 cm³/mol. The van der Waals surface area contributed by atoms with E-state index in [1.807, 2.05) is 30.3 Å². The Balaban J connectivity index is 1.71. The molecule has 0 amide bonds. The van der Waals surface area contributed by atoms with E-state index in [4.69, 9.17) is 4.74 Å². The maximum absolute atomic E-state index is 12.6. The number of aromatic carboxylic acids is 1. The Labute approximate surface area is 201 Å². The third-order valence-electron chi connectivity index (χ3n) is 5.98. The van der Waals surface area contributed by atoms with Gasteiger partial charge in [-0.2, -0.15) is 13.2 Å². The Morgan fingerprint density at radius 2 is 1.63 bits per heavy atom. The van der Waals surface area contributed by atoms with Gasteiger partial charge < -0.3 is 19.8 Å². The summed E-state index contributed by atoms with van der Waals surface area (Å²) in [6.45, 7) is 1.85. The fourth-order valence-corrected chi connectivity index (χ4v) is 4.32. The Bertz CT molecular complexity index is 1110. The molecule has 0 radical (unpaired) electrons. The minimum atomic E-state index is -4.10. The Kier molecular flexibility index (Phi) is 9.01. The van der Waals surface area contributed by atoms with Crippen molar-refractivity contribution < 1.29 is 32.6 Å². The van der Waals surface area contributed by atoms with Crippen LogP contribution < -0.4 is 0 Å². The first-order valence-corrected chi connectivity index (χ1v) is 12.0. The van der Waals surface area contributed by atoms with Crippen LogP contribution in [-0.2, 0) is 11.2 Å². The molecule has 2 heterocycles. The predicted octanol–water partition coefficient (Wildman–Crippen LogP) is 7.26. The van der Waals surface area contributed by atoms with Gasteiger partial charge >= 0.3 is 18.1 Å². The maximum Gasteiger partial charge on any atom is 0.389 e. The number of carboxylic acid groups (broad SMARTS) is 1. The summed E-state index contributed by atoms with van der Waals surface area (Å²) in [6.07, 6.45) is 0.0565. The normalized spacial score (nSPS) is 11.8. The average molecular weight is 493 g/mol. The van der Waals surface area contributed by atoms with E-state index in [9.17, 15) is 27.9 Å². The number of aromatic amines is 2. The molecule has 1 aromatic carbocycles. The van der Waals surface area contributed by atoms with E-state index in [-0.39, 0.29) is 24.3 Å². The number of alkyl halides is 3. The maximum atomic E-state index is 12.6. The number of fused-ring (bicyclic) bond motifs is 1. The zero-order valence-corrected chi connectivity index (χ0v) is 19.8. The Morgan fingerprint density at radius 3 is 2.26 bits per heavy atom. The fraction of sp³-hybridized carbons (Fsp3) is 0.462. The van der Waals surface area contributed by atoms with Crippen LogP contribution in [-0.4, -0.2) is 39.8 Å². The van der Waals surface area contributed by atoms with Crippen molar-refractivity contribution >= 4 is 22.8 Å². The second kappa shape index (κ2) is 12.0. The number of aromatic nitrogens is 2. The van der Waals surface area contributed by atoms with Crippen molar-refractivity contribution in [2.45, 2.75) is 70.9 Å². The molecule has 0 atom stereocenters. The molecular formula is C26H31F3N2O4. The van der Waals surface area contributed by atoms with Crippen LogP contribution in [0.4, 0.5) is 13.2 Å². The number of hydrogen-bond acceptors (Lipinski definition) is 3. The lowest BCUT2D eigenvalue weighted by Gasteiger charge is -2.07. The van der Waals surface area contributed by atoms with Gasteiger partial charge in [-0.3, -0.25) is 0 Å². The standard InChI is InChI=1S/C26H31F3N2O4/c1-2-35-25(34)22-18(13-8-6-4-3-5-7-11-15-26(27,28)29)21(24(32)33)23(31-22)20-16-17-12-9-10-14-19(17)30-20/h9-10,12,14,16,30-31H,2-8,11,13,15H2,1H3,(H,32,33). The van der Waals surface area contributed by atoms with Crippen LogP contribution in [0.3, 0.4) is 0 Å². The highest BCUT2D eigenvalue weighted by Gasteiger charge is 2.28. The SMILES string of the molecule is CCOC(=O)c1[nH]c(-c2cc3ccccc3[nH]2)c(C(=O)O)c1CCCCCCCCCC(F)(F)F. The van der Waals surface area contributed by atoms with Crippen LogP contribution in [0, 0.1) is 0 Å². The van der Waals surface area contributed by atoms with Crippen LogP contribution in [0.25, 0.3) is 22.3 Å². The average Bonchev–Trinajstić information content (AvgIpc) is 3.39. The fourth-order valence-electron chi connectivity index (χ4n) is 4.32. The quantitative estimate of drug-likeness (QED) is 0.173. The number of rotatable bonds is 13. The van der Waals surface area contributed by atoms with Crippen LogP contribution in [0.1, 0.15) is 84.7 Å². The molecule has 6 nitrogen and oxygen atoms in total. The lowest BCUT2D eigenvalue weighted by Crippen LogP contribution is -2.09. The highest BCUT2D eigenvalue weighted by Crippen LogP contribution is 2.32. The third kappa shape index (κ3) is 7.13. The number of halogens is 3. The van der Waals surface area contributed by atoms with E-state index in [0.717, 1.165) is 36.6 Å². The molecule has 0 aliphatic heterocycles. The van der Waals surface area contributed by atoms with Gasteiger partial charge in [0.1, 0.15) is 5.69 Å². The number of ether oxygens (including phenoxy) is 1. The molecule has 190 valence electrons. The molecule has 0 bridgehead atoms. The van der Waals surface area contributed by atoms with E-state index < -0.39 is 24.5 Å². The van der Waals surface area contributed by atoms with E-state index in [1.54, 1.807) is 6.92 Å². The minimum Gasteiger partial charge on any atom is -0.478 e. The summed E-state index contributed by atoms with van der Waals surface area (Å²) in [5.41, 5.74) is 2.35. The van der Waals surface area contributed by atoms with Crippen LogP contribution in [0.15, 0.2) is 30.3 Å². The molecule has 0 aliphatic carbocycles. The summed E-state index contributed by atoms with van der Waals surface area (Å²) in [6, 6.07) is 9.40. The first-order chi connectivity index (χ1) is 16.7. The van der Waals surface area contributed by atoms with Gasteiger partial charge in [-0.15, -0.1) is 0 Å². The van der Waals surface area contributed by atoms with Gasteiger partial charge in [-0.05, 0) is 43.9 Å². The van der Waals surface area contributed by atoms with Gasteiger partial charge in [0.15, 0.2) is 0 Å². The van der Waals surface area contributed by atoms with E-state index in [0.29, 0.717) is 36.2 Å². The smallest absolute Gasteiger partial charge is 0.389 e. The molecule has 3 N–H and O–H groups in total. The number of carbonyl (C=O) groups excluding carboxylic acids is 1. The minimum absolute atomic E-state index is 0.0479. The van der Waals surface area contributed by atoms with E-state index >= 15 is 0 Å². The first-order valence-electron chi connectivity index (χ1n) is 12.0. The molecule has 3 aromatic rings. The molecule has 0 spiro atoms. The van der Waals surface area contributed by atoms with E-state index in [1.165, 1.54) is 0 Å². The van der Waals surface area contributed by atoms with Crippen LogP contribution >= 0.6 is 0 Å². The second-order valence-electron chi connectivity index (χ2n) is 8.61. The highest BCUT2D eigenvalue weighted by molar-refractivity contribution is 6.03. The molecule has 2 aromatic heterocycles. The molecule has 0 saturated carbocycles. The zero-order valence-electron chi connectivity index (χ0n) is 19.8. The van der Waals surface area contributed by atoms with Crippen LogP contribution in [0.5, 0.6) is 0 Å². The largest absolute Gasteiger partial charge is 0.478 e. The van der Waals surface area contributed by atoms with Crippen molar-refractivity contribution in [2.75, 3.05) is 6.61 Å². The van der Waals surface area contributed by atoms with Gasteiger partial charge in [0.25, 0.3) is 0 Å². The summed E-state index contributed by atoms with van der Waals surface area (Å²) in [5.74, 6) is -1.73. The third-order valence-corrected chi connectivity index (χ3v) is 5.98. The Hall–Kier alpha value is -3.23. The molecule has 35 heavy (non-hydrogen) atoms. The topological polar surface area (TPSA) is 95.2 Å². The molecular weight excluding hydrogens is 461 g/mol. The van der Waals surface area contributed by atoms with Gasteiger partial charge in [-0.1, -0.05) is 50.3 Å². The molecule has 3 rings (SSSR count). The van der Waals surface area contributed by atoms with Gasteiger partial charge in [0, 0.05) is 17.3 Å². The number of carbonyl (C=O) groups is 2. The molecule has 0 saturated heterocycles. The summed E-state index contributed by atoms with van der Waals surface area (Å²) in [5, 5.41) is 10.9. The van der Waals surface area contributed by atoms with Crippen LogP contribution in [0.2, 0.25) is 0 Å².